The smallest absolute Gasteiger partial charge is 0.128 e. The zero-order valence-corrected chi connectivity index (χ0v) is 13.0. The minimum atomic E-state index is -0.263. The zero-order valence-electron chi connectivity index (χ0n) is 11.5. The lowest BCUT2D eigenvalue weighted by atomic mass is 9.93. The van der Waals surface area contributed by atoms with Crippen molar-refractivity contribution >= 4 is 23.2 Å². The van der Waals surface area contributed by atoms with Crippen LogP contribution >= 0.6 is 23.2 Å². The number of fused-ring (bicyclic) bond motifs is 1. The molecule has 21 heavy (non-hydrogen) atoms. The molecular weight excluding hydrogens is 309 g/mol. The van der Waals surface area contributed by atoms with Crippen LogP contribution < -0.4 is 15.2 Å². The summed E-state index contributed by atoms with van der Waals surface area (Å²) in [6, 6.07) is 10.9. The molecule has 2 unspecified atom stereocenters. The fourth-order valence-corrected chi connectivity index (χ4v) is 3.24. The van der Waals surface area contributed by atoms with Crippen LogP contribution in [0.5, 0.6) is 11.5 Å². The molecule has 0 saturated heterocycles. The molecule has 1 aliphatic rings. The number of rotatable bonds is 2. The highest BCUT2D eigenvalue weighted by Crippen LogP contribution is 2.44. The summed E-state index contributed by atoms with van der Waals surface area (Å²) >= 11 is 12.5. The Morgan fingerprint density at radius 3 is 2.57 bits per heavy atom. The topological polar surface area (TPSA) is 44.5 Å². The summed E-state index contributed by atoms with van der Waals surface area (Å²) in [5.41, 5.74) is 8.01. The second-order valence-electron chi connectivity index (χ2n) is 4.99. The Balaban J connectivity index is 2.01. The van der Waals surface area contributed by atoms with Gasteiger partial charge >= 0.3 is 0 Å². The molecule has 0 amide bonds. The van der Waals surface area contributed by atoms with Crippen molar-refractivity contribution in [2.75, 3.05) is 7.11 Å². The maximum absolute atomic E-state index is 6.27. The second-order valence-corrected chi connectivity index (χ2v) is 5.80. The molecule has 0 spiro atoms. The molecule has 0 aliphatic carbocycles. The van der Waals surface area contributed by atoms with Crippen molar-refractivity contribution in [3.8, 4) is 11.5 Å². The number of halogens is 2. The van der Waals surface area contributed by atoms with Gasteiger partial charge < -0.3 is 15.2 Å². The van der Waals surface area contributed by atoms with Gasteiger partial charge in [0.1, 0.15) is 17.6 Å². The van der Waals surface area contributed by atoms with Crippen molar-refractivity contribution < 1.29 is 9.47 Å². The third-order valence-corrected chi connectivity index (χ3v) is 4.34. The van der Waals surface area contributed by atoms with Crippen molar-refractivity contribution in [1.29, 1.82) is 0 Å². The lowest BCUT2D eigenvalue weighted by Gasteiger charge is -2.31. The molecule has 1 heterocycles. The van der Waals surface area contributed by atoms with Gasteiger partial charge in [0.2, 0.25) is 0 Å². The third-order valence-electron chi connectivity index (χ3n) is 3.68. The van der Waals surface area contributed by atoms with Gasteiger partial charge in [-0.15, -0.1) is 0 Å². The van der Waals surface area contributed by atoms with E-state index < -0.39 is 0 Å². The van der Waals surface area contributed by atoms with Gasteiger partial charge in [0, 0.05) is 39.7 Å². The van der Waals surface area contributed by atoms with Gasteiger partial charge in [-0.3, -0.25) is 0 Å². The van der Waals surface area contributed by atoms with Crippen LogP contribution in [0.3, 0.4) is 0 Å². The molecule has 0 aromatic heterocycles. The molecule has 3 rings (SSSR count). The molecule has 2 atom stereocenters. The Labute approximate surface area is 133 Å². The Hall–Kier alpha value is -1.42. The Bertz CT molecular complexity index is 655. The molecule has 3 nitrogen and oxygen atoms in total. The van der Waals surface area contributed by atoms with Crippen molar-refractivity contribution in [1.82, 2.24) is 0 Å². The van der Waals surface area contributed by atoms with Gasteiger partial charge in [-0.05, 0) is 18.2 Å². The second kappa shape index (κ2) is 5.76. The molecule has 110 valence electrons. The van der Waals surface area contributed by atoms with Crippen molar-refractivity contribution in [3.63, 3.8) is 0 Å². The van der Waals surface area contributed by atoms with Crippen LogP contribution in [0.15, 0.2) is 36.4 Å². The first kappa shape index (κ1) is 14.5. The van der Waals surface area contributed by atoms with Crippen LogP contribution in [0.1, 0.15) is 29.7 Å². The first-order valence-electron chi connectivity index (χ1n) is 6.64. The minimum Gasteiger partial charge on any atom is -0.497 e. The molecule has 0 fully saturated rings. The van der Waals surface area contributed by atoms with Crippen LogP contribution in [-0.2, 0) is 0 Å². The number of nitrogens with two attached hydrogens (primary N) is 1. The van der Waals surface area contributed by atoms with Crippen LogP contribution in [0.2, 0.25) is 10.0 Å². The highest BCUT2D eigenvalue weighted by Gasteiger charge is 2.30. The van der Waals surface area contributed by atoms with Gasteiger partial charge in [0.15, 0.2) is 0 Å². The molecular formula is C16H15Cl2NO2. The lowest BCUT2D eigenvalue weighted by Crippen LogP contribution is -2.24. The molecule has 0 radical (unpaired) electrons. The predicted molar refractivity (Wildman–Crippen MR) is 84.4 cm³/mol. The third kappa shape index (κ3) is 2.69. The van der Waals surface area contributed by atoms with E-state index >= 15 is 0 Å². The average Bonchev–Trinajstić information content (AvgIpc) is 2.46. The van der Waals surface area contributed by atoms with E-state index in [0.717, 1.165) is 16.9 Å². The van der Waals surface area contributed by atoms with Crippen molar-refractivity contribution in [3.05, 3.63) is 57.6 Å². The normalized spacial score (nSPS) is 20.6. The molecule has 2 aromatic rings. The van der Waals surface area contributed by atoms with E-state index in [1.807, 2.05) is 24.3 Å². The molecule has 2 aromatic carbocycles. The van der Waals surface area contributed by atoms with Crippen molar-refractivity contribution in [2.45, 2.75) is 18.6 Å². The summed E-state index contributed by atoms with van der Waals surface area (Å²) in [4.78, 5) is 0. The molecule has 0 bridgehead atoms. The maximum atomic E-state index is 6.27. The van der Waals surface area contributed by atoms with E-state index in [9.17, 15) is 0 Å². The van der Waals surface area contributed by atoms with Crippen molar-refractivity contribution in [2.24, 2.45) is 5.73 Å². The van der Waals surface area contributed by atoms with E-state index in [1.54, 1.807) is 19.2 Å². The number of benzene rings is 2. The highest BCUT2D eigenvalue weighted by molar-refractivity contribution is 6.36. The van der Waals surface area contributed by atoms with Crippen LogP contribution in [0, 0.1) is 0 Å². The molecule has 5 heteroatoms. The zero-order chi connectivity index (χ0) is 15.0. The van der Waals surface area contributed by atoms with Crippen LogP contribution in [0.25, 0.3) is 0 Å². The SMILES string of the molecule is COc1ccc2c(c1)OC(c1c(Cl)cccc1Cl)CC2N. The summed E-state index contributed by atoms with van der Waals surface area (Å²) in [6.07, 6.45) is 0.365. The summed E-state index contributed by atoms with van der Waals surface area (Å²) < 4.78 is 11.3. The molecule has 0 saturated carbocycles. The number of ether oxygens (including phenoxy) is 2. The highest BCUT2D eigenvalue weighted by atomic mass is 35.5. The number of methoxy groups -OCH3 is 1. The lowest BCUT2D eigenvalue weighted by molar-refractivity contribution is 0.161. The quantitative estimate of drug-likeness (QED) is 0.883. The van der Waals surface area contributed by atoms with Gasteiger partial charge in [0.25, 0.3) is 0 Å². The van der Waals surface area contributed by atoms with E-state index in [0.29, 0.717) is 22.2 Å². The van der Waals surface area contributed by atoms with E-state index in [2.05, 4.69) is 0 Å². The maximum Gasteiger partial charge on any atom is 0.128 e. The molecule has 1 aliphatic heterocycles. The fourth-order valence-electron chi connectivity index (χ4n) is 2.60. The van der Waals surface area contributed by atoms with E-state index in [-0.39, 0.29) is 12.1 Å². The fraction of sp³-hybridized carbons (Fsp3) is 0.250. The minimum absolute atomic E-state index is 0.128. The number of hydrogen-bond acceptors (Lipinski definition) is 3. The van der Waals surface area contributed by atoms with Crippen LogP contribution in [0.4, 0.5) is 0 Å². The largest absolute Gasteiger partial charge is 0.497 e. The Kier molecular flexibility index (Phi) is 3.98. The summed E-state index contributed by atoms with van der Waals surface area (Å²) in [7, 11) is 1.62. The van der Waals surface area contributed by atoms with Gasteiger partial charge in [0.05, 0.1) is 7.11 Å². The summed E-state index contributed by atoms with van der Waals surface area (Å²) in [6.45, 7) is 0. The van der Waals surface area contributed by atoms with E-state index in [1.165, 1.54) is 0 Å². The monoisotopic (exact) mass is 323 g/mol. The first-order chi connectivity index (χ1) is 10.1. The predicted octanol–water partition coefficient (Wildman–Crippen LogP) is 4.53. The first-order valence-corrected chi connectivity index (χ1v) is 7.40. The van der Waals surface area contributed by atoms with E-state index in [4.69, 9.17) is 38.4 Å². The van der Waals surface area contributed by atoms with Gasteiger partial charge in [-0.1, -0.05) is 35.3 Å². The van der Waals surface area contributed by atoms with Gasteiger partial charge in [-0.2, -0.15) is 0 Å². The average molecular weight is 324 g/mol. The van der Waals surface area contributed by atoms with Gasteiger partial charge in [-0.25, -0.2) is 0 Å². The molecule has 2 N–H and O–H groups in total. The van der Waals surface area contributed by atoms with Crippen LogP contribution in [-0.4, -0.2) is 7.11 Å². The Morgan fingerprint density at radius 2 is 1.90 bits per heavy atom. The summed E-state index contributed by atoms with van der Waals surface area (Å²) in [5.74, 6) is 1.45. The summed E-state index contributed by atoms with van der Waals surface area (Å²) in [5, 5.41) is 1.18. The Morgan fingerprint density at radius 1 is 1.19 bits per heavy atom. The number of hydrogen-bond donors (Lipinski definition) is 1. The standard InChI is InChI=1S/C16H15Cl2NO2/c1-20-9-5-6-10-13(19)8-15(21-14(10)7-9)16-11(17)3-2-4-12(16)18/h2-7,13,15H,8,19H2,1H3.